The van der Waals surface area contributed by atoms with Crippen LogP contribution in [0.25, 0.3) is 0 Å². The number of unbranched alkanes of at least 4 members (excludes halogenated alkanes) is 17. The number of carboxylic acids is 1. The molecule has 6 atom stereocenters. The molecule has 0 aliphatic carbocycles. The number of aliphatic hydroxyl groups excluding tert-OH is 2. The molecule has 0 aromatic carbocycles. The number of aliphatic carboxylic acids is 1. The fraction of sp³-hybridized carbons (Fsp3) is 0.662. The van der Waals surface area contributed by atoms with Crippen LogP contribution in [-0.2, 0) is 42.9 Å². The van der Waals surface area contributed by atoms with Gasteiger partial charge in [0.25, 0.3) is 0 Å². The van der Waals surface area contributed by atoms with Crippen LogP contribution in [0.1, 0.15) is 226 Å². The topological polar surface area (TPSA) is 175 Å². The van der Waals surface area contributed by atoms with E-state index in [1.807, 2.05) is 0 Å². The lowest BCUT2D eigenvalue weighted by atomic mass is 9.98. The molecular weight excluding hydrogens is 973 g/mol. The Morgan fingerprint density at radius 3 is 1.27 bits per heavy atom. The van der Waals surface area contributed by atoms with Gasteiger partial charge in [-0.05, 0) is 116 Å². The monoisotopic (exact) mass is 1080 g/mol. The van der Waals surface area contributed by atoms with Crippen molar-refractivity contribution in [3.63, 3.8) is 0 Å². The van der Waals surface area contributed by atoms with Crippen molar-refractivity contribution in [1.82, 2.24) is 0 Å². The molecule has 77 heavy (non-hydrogen) atoms. The zero-order chi connectivity index (χ0) is 56.1. The van der Waals surface area contributed by atoms with Crippen LogP contribution in [0, 0.1) is 0 Å². The Kier molecular flexibility index (Phi) is 47.6. The van der Waals surface area contributed by atoms with Gasteiger partial charge in [-0.1, -0.05) is 201 Å². The smallest absolute Gasteiger partial charge is 0.335 e. The standard InChI is InChI=1S/C65H104O12/c1-4-7-10-13-16-19-22-24-26-28-29-31-33-35-38-41-44-47-50-53-59(68)76-63-61(70)60(69)62(64(71)72)77-65(63)74-55-56(75-58(67)52-49-46-43-40-36-21-18-15-12-9-6-3)54-73-57(66)51-48-45-42-39-37-34-32-30-27-25-23-20-17-14-11-8-5-2/h7-8,10-11,15-20,24-27,29,31,35,38,56,60-63,65,69-70H,4-6,9,12-14,21-23,28,30,32-34,36-37,39-55H2,1-3H3,(H,71,72)/b10-7-,11-8-,18-15-,19-16-,20-17-,26-24-,27-25-,31-29-,38-35-. The maximum atomic E-state index is 13.1. The molecule has 436 valence electrons. The molecular formula is C65H104O12. The first-order valence-electron chi connectivity index (χ1n) is 29.9. The van der Waals surface area contributed by atoms with Gasteiger partial charge < -0.3 is 39.0 Å². The molecule has 12 nitrogen and oxygen atoms in total. The summed E-state index contributed by atoms with van der Waals surface area (Å²) >= 11 is 0. The molecule has 1 rings (SSSR count). The second-order valence-electron chi connectivity index (χ2n) is 19.9. The van der Waals surface area contributed by atoms with E-state index in [-0.39, 0.29) is 25.9 Å². The molecule has 0 aromatic heterocycles. The normalized spacial score (nSPS) is 18.8. The zero-order valence-corrected chi connectivity index (χ0v) is 47.9. The molecule has 0 bridgehead atoms. The largest absolute Gasteiger partial charge is 0.479 e. The Labute approximate surface area is 465 Å². The minimum atomic E-state index is -1.92. The Balaban J connectivity index is 2.69. The van der Waals surface area contributed by atoms with Gasteiger partial charge in [-0.3, -0.25) is 14.4 Å². The van der Waals surface area contributed by atoms with Crippen molar-refractivity contribution in [2.24, 2.45) is 0 Å². The summed E-state index contributed by atoms with van der Waals surface area (Å²) in [5, 5.41) is 31.5. The zero-order valence-electron chi connectivity index (χ0n) is 47.9. The summed E-state index contributed by atoms with van der Waals surface area (Å²) in [6, 6.07) is 0. The second-order valence-corrected chi connectivity index (χ2v) is 19.9. The molecule has 1 aliphatic heterocycles. The Hall–Kier alpha value is -4.62. The van der Waals surface area contributed by atoms with Crippen molar-refractivity contribution < 1.29 is 58.2 Å². The van der Waals surface area contributed by atoms with Gasteiger partial charge in [-0.2, -0.15) is 0 Å². The van der Waals surface area contributed by atoms with E-state index in [1.165, 1.54) is 19.3 Å². The molecule has 3 N–H and O–H groups in total. The van der Waals surface area contributed by atoms with E-state index in [9.17, 15) is 34.5 Å². The maximum Gasteiger partial charge on any atom is 0.335 e. The van der Waals surface area contributed by atoms with Crippen LogP contribution in [-0.4, -0.2) is 89.2 Å². The predicted molar refractivity (Wildman–Crippen MR) is 312 cm³/mol. The lowest BCUT2D eigenvalue weighted by Gasteiger charge is -2.40. The highest BCUT2D eigenvalue weighted by Gasteiger charge is 2.50. The van der Waals surface area contributed by atoms with Crippen molar-refractivity contribution in [3.05, 3.63) is 109 Å². The summed E-state index contributed by atoms with van der Waals surface area (Å²) in [5.41, 5.74) is 0. The number of hydrogen-bond acceptors (Lipinski definition) is 11. The van der Waals surface area contributed by atoms with Crippen LogP contribution < -0.4 is 0 Å². The lowest BCUT2D eigenvalue weighted by Crippen LogP contribution is -2.61. The van der Waals surface area contributed by atoms with Gasteiger partial charge in [-0.15, -0.1) is 0 Å². The second kappa shape index (κ2) is 52.1. The number of ether oxygens (including phenoxy) is 5. The molecule has 0 aromatic rings. The van der Waals surface area contributed by atoms with Gasteiger partial charge in [0.2, 0.25) is 0 Å². The first kappa shape index (κ1) is 70.4. The SMILES string of the molecule is CC/C=C\C/C=C\C/C=C\C/C=C\C/C=C\CCCCCC(=O)OC1C(OCC(COC(=O)CCCCCCCCC/C=C\C/C=C\C/C=C\CC)OC(=O)CCCCCCC/C=C\CCCC)OC(C(=O)O)C(O)C1O. The van der Waals surface area contributed by atoms with Crippen molar-refractivity contribution in [2.75, 3.05) is 13.2 Å². The highest BCUT2D eigenvalue weighted by molar-refractivity contribution is 5.74. The summed E-state index contributed by atoms with van der Waals surface area (Å²) in [6.45, 7) is 5.69. The summed E-state index contributed by atoms with van der Waals surface area (Å²) in [6.07, 6.45) is 57.7. The highest BCUT2D eigenvalue weighted by Crippen LogP contribution is 2.26. The van der Waals surface area contributed by atoms with E-state index in [0.29, 0.717) is 19.3 Å². The third-order valence-corrected chi connectivity index (χ3v) is 12.8. The Bertz CT molecular complexity index is 1750. The number of carbonyl (C=O) groups excluding carboxylic acids is 3. The lowest BCUT2D eigenvalue weighted by molar-refractivity contribution is -0.301. The maximum absolute atomic E-state index is 13.1. The van der Waals surface area contributed by atoms with Crippen molar-refractivity contribution in [3.8, 4) is 0 Å². The fourth-order valence-corrected chi connectivity index (χ4v) is 8.27. The van der Waals surface area contributed by atoms with E-state index in [4.69, 9.17) is 23.7 Å². The molecule has 1 fully saturated rings. The number of allylic oxidation sites excluding steroid dienone is 18. The van der Waals surface area contributed by atoms with Gasteiger partial charge in [0.1, 0.15) is 18.8 Å². The third kappa shape index (κ3) is 42.1. The summed E-state index contributed by atoms with van der Waals surface area (Å²) in [4.78, 5) is 51.1. The third-order valence-electron chi connectivity index (χ3n) is 12.8. The van der Waals surface area contributed by atoms with Gasteiger partial charge in [-0.25, -0.2) is 4.79 Å². The number of hydrogen-bond donors (Lipinski definition) is 3. The minimum absolute atomic E-state index is 0.0145. The van der Waals surface area contributed by atoms with E-state index in [2.05, 4.69) is 130 Å². The number of esters is 3. The van der Waals surface area contributed by atoms with Crippen LogP contribution in [0.4, 0.5) is 0 Å². The van der Waals surface area contributed by atoms with Gasteiger partial charge in [0, 0.05) is 19.3 Å². The number of rotatable bonds is 49. The van der Waals surface area contributed by atoms with Crippen LogP contribution in [0.3, 0.4) is 0 Å². The Morgan fingerprint density at radius 2 is 0.818 bits per heavy atom. The van der Waals surface area contributed by atoms with Crippen LogP contribution in [0.5, 0.6) is 0 Å². The highest BCUT2D eigenvalue weighted by atomic mass is 16.7. The van der Waals surface area contributed by atoms with Crippen molar-refractivity contribution in [1.29, 1.82) is 0 Å². The molecule has 1 aliphatic rings. The van der Waals surface area contributed by atoms with E-state index >= 15 is 0 Å². The molecule has 12 heteroatoms. The summed E-state index contributed by atoms with van der Waals surface area (Å²) in [7, 11) is 0. The Morgan fingerprint density at radius 1 is 0.442 bits per heavy atom. The summed E-state index contributed by atoms with van der Waals surface area (Å²) < 4.78 is 28.4. The van der Waals surface area contributed by atoms with E-state index in [1.54, 1.807) is 0 Å². The molecule has 0 saturated carbocycles. The molecule has 0 amide bonds. The summed E-state index contributed by atoms with van der Waals surface area (Å²) in [5.74, 6) is -3.20. The van der Waals surface area contributed by atoms with Gasteiger partial charge in [0.15, 0.2) is 24.6 Å². The first-order chi connectivity index (χ1) is 37.6. The molecule has 6 unspecified atom stereocenters. The van der Waals surface area contributed by atoms with Gasteiger partial charge >= 0.3 is 23.9 Å². The fourth-order valence-electron chi connectivity index (χ4n) is 8.27. The molecule has 0 spiro atoms. The van der Waals surface area contributed by atoms with Gasteiger partial charge in [0.05, 0.1) is 6.61 Å². The van der Waals surface area contributed by atoms with Crippen LogP contribution >= 0.6 is 0 Å². The minimum Gasteiger partial charge on any atom is -0.479 e. The van der Waals surface area contributed by atoms with Crippen LogP contribution in [0.2, 0.25) is 0 Å². The van der Waals surface area contributed by atoms with E-state index in [0.717, 1.165) is 148 Å². The van der Waals surface area contributed by atoms with Crippen molar-refractivity contribution >= 4 is 23.9 Å². The van der Waals surface area contributed by atoms with Crippen molar-refractivity contribution in [2.45, 2.75) is 263 Å². The van der Waals surface area contributed by atoms with E-state index < -0.39 is 67.3 Å². The number of carbonyl (C=O) groups is 4. The number of aliphatic hydroxyl groups is 2. The number of carboxylic acid groups (broad SMARTS) is 1. The average molecular weight is 1080 g/mol. The molecule has 1 heterocycles. The predicted octanol–water partition coefficient (Wildman–Crippen LogP) is 15.4. The quantitative estimate of drug-likeness (QED) is 0.0228. The first-order valence-corrected chi connectivity index (χ1v) is 29.9. The average Bonchev–Trinajstić information content (AvgIpc) is 3.42. The van der Waals surface area contributed by atoms with Crippen LogP contribution in [0.15, 0.2) is 109 Å². The molecule has 1 saturated heterocycles. The molecule has 0 radical (unpaired) electrons.